The van der Waals surface area contributed by atoms with Crippen LogP contribution in [0.1, 0.15) is 29.5 Å². The Morgan fingerprint density at radius 1 is 1.38 bits per heavy atom. The van der Waals surface area contributed by atoms with Crippen LogP contribution in [0.4, 0.5) is 0 Å². The molecule has 1 N–H and O–H groups in total. The largest absolute Gasteiger partial charge is 0.467 e. The Labute approximate surface area is 96.1 Å². The first kappa shape index (κ1) is 12.7. The van der Waals surface area contributed by atoms with E-state index >= 15 is 0 Å². The fourth-order valence-corrected chi connectivity index (χ4v) is 1.75. The lowest BCUT2D eigenvalue weighted by Crippen LogP contribution is -2.28. The van der Waals surface area contributed by atoms with Gasteiger partial charge in [-0.15, -0.1) is 0 Å². The molecule has 0 amide bonds. The number of methoxy groups -OCH3 is 1. The molecule has 16 heavy (non-hydrogen) atoms. The zero-order valence-electron chi connectivity index (χ0n) is 10.2. The minimum absolute atomic E-state index is 0.257. The highest BCUT2D eigenvalue weighted by Gasteiger charge is 2.25. The van der Waals surface area contributed by atoms with E-state index in [0.29, 0.717) is 0 Å². The fraction of sp³-hybridized carbons (Fsp3) is 0.462. The molecule has 0 aliphatic heterocycles. The van der Waals surface area contributed by atoms with E-state index < -0.39 is 12.1 Å². The molecule has 1 rings (SSSR count). The van der Waals surface area contributed by atoms with E-state index in [1.807, 2.05) is 39.0 Å². The van der Waals surface area contributed by atoms with Crippen molar-refractivity contribution in [1.29, 1.82) is 0 Å². The maximum absolute atomic E-state index is 11.3. The van der Waals surface area contributed by atoms with Crippen molar-refractivity contribution in [3.05, 3.63) is 34.9 Å². The molecule has 2 atom stereocenters. The molecular formula is C13H18O3. The van der Waals surface area contributed by atoms with E-state index in [2.05, 4.69) is 4.74 Å². The van der Waals surface area contributed by atoms with Gasteiger partial charge in [-0.2, -0.15) is 0 Å². The zero-order valence-corrected chi connectivity index (χ0v) is 10.2. The van der Waals surface area contributed by atoms with Crippen molar-refractivity contribution in [3.63, 3.8) is 0 Å². The lowest BCUT2D eigenvalue weighted by Gasteiger charge is -2.19. The number of aliphatic hydroxyl groups is 1. The molecule has 0 aliphatic carbocycles. The van der Waals surface area contributed by atoms with Crippen LogP contribution in [0, 0.1) is 13.8 Å². The lowest BCUT2D eigenvalue weighted by molar-refractivity contribution is -0.151. The number of esters is 1. The Morgan fingerprint density at radius 3 is 2.56 bits per heavy atom. The van der Waals surface area contributed by atoms with Crippen LogP contribution in [-0.4, -0.2) is 24.3 Å². The molecule has 3 nitrogen and oxygen atoms in total. The number of aliphatic hydroxyl groups excluding tert-OH is 1. The van der Waals surface area contributed by atoms with Crippen LogP contribution < -0.4 is 0 Å². The van der Waals surface area contributed by atoms with E-state index in [-0.39, 0.29) is 5.92 Å². The van der Waals surface area contributed by atoms with E-state index in [1.54, 1.807) is 0 Å². The molecule has 1 aromatic carbocycles. The Hall–Kier alpha value is -1.35. The summed E-state index contributed by atoms with van der Waals surface area (Å²) >= 11 is 0. The average Bonchev–Trinajstić information content (AvgIpc) is 2.29. The Balaban J connectivity index is 2.99. The summed E-state index contributed by atoms with van der Waals surface area (Å²) in [6.45, 7) is 5.78. The van der Waals surface area contributed by atoms with E-state index in [1.165, 1.54) is 7.11 Å². The van der Waals surface area contributed by atoms with Gasteiger partial charge in [0.15, 0.2) is 6.10 Å². The second-order valence-corrected chi connectivity index (χ2v) is 4.12. The first-order valence-electron chi connectivity index (χ1n) is 5.30. The first-order valence-corrected chi connectivity index (χ1v) is 5.30. The topological polar surface area (TPSA) is 46.5 Å². The highest BCUT2D eigenvalue weighted by Crippen LogP contribution is 2.24. The van der Waals surface area contributed by atoms with Crippen LogP contribution in [0.5, 0.6) is 0 Å². The SMILES string of the molecule is COC(=O)C(O)C(C)c1cc(C)ccc1C. The number of aryl methyl sites for hydroxylation is 2. The molecule has 0 bridgehead atoms. The molecule has 0 heterocycles. The number of rotatable bonds is 3. The molecular weight excluding hydrogens is 204 g/mol. The Morgan fingerprint density at radius 2 is 2.00 bits per heavy atom. The van der Waals surface area contributed by atoms with Crippen molar-refractivity contribution in [3.8, 4) is 0 Å². The number of ether oxygens (including phenoxy) is 1. The summed E-state index contributed by atoms with van der Waals surface area (Å²) in [6, 6.07) is 5.99. The smallest absolute Gasteiger partial charge is 0.335 e. The van der Waals surface area contributed by atoms with Crippen LogP contribution in [0.15, 0.2) is 18.2 Å². The predicted molar refractivity (Wildman–Crippen MR) is 62.4 cm³/mol. The third kappa shape index (κ3) is 2.61. The van der Waals surface area contributed by atoms with Gasteiger partial charge in [0.1, 0.15) is 0 Å². The highest BCUT2D eigenvalue weighted by molar-refractivity contribution is 5.75. The van der Waals surface area contributed by atoms with E-state index in [0.717, 1.165) is 16.7 Å². The normalized spacial score (nSPS) is 14.3. The molecule has 0 aromatic heterocycles. The summed E-state index contributed by atoms with van der Waals surface area (Å²) in [5.74, 6) is -0.847. The molecule has 0 radical (unpaired) electrons. The van der Waals surface area contributed by atoms with Gasteiger partial charge < -0.3 is 9.84 Å². The van der Waals surface area contributed by atoms with Crippen molar-refractivity contribution in [2.24, 2.45) is 0 Å². The number of carbonyl (C=O) groups excluding carboxylic acids is 1. The Kier molecular flexibility index (Phi) is 4.07. The van der Waals surface area contributed by atoms with Gasteiger partial charge in [-0.05, 0) is 25.0 Å². The van der Waals surface area contributed by atoms with Crippen LogP contribution in [-0.2, 0) is 9.53 Å². The van der Waals surface area contributed by atoms with Crippen molar-refractivity contribution in [1.82, 2.24) is 0 Å². The van der Waals surface area contributed by atoms with Crippen LogP contribution >= 0.6 is 0 Å². The fourth-order valence-electron chi connectivity index (χ4n) is 1.75. The second kappa shape index (κ2) is 5.12. The molecule has 0 saturated carbocycles. The average molecular weight is 222 g/mol. The minimum atomic E-state index is -1.11. The van der Waals surface area contributed by atoms with Gasteiger partial charge in [0, 0.05) is 5.92 Å². The third-order valence-corrected chi connectivity index (χ3v) is 2.84. The van der Waals surface area contributed by atoms with Crippen molar-refractivity contribution in [2.75, 3.05) is 7.11 Å². The number of hydrogen-bond donors (Lipinski definition) is 1. The number of benzene rings is 1. The molecule has 3 heteroatoms. The van der Waals surface area contributed by atoms with Gasteiger partial charge in [0.05, 0.1) is 7.11 Å². The van der Waals surface area contributed by atoms with Crippen molar-refractivity contribution >= 4 is 5.97 Å². The van der Waals surface area contributed by atoms with E-state index in [4.69, 9.17) is 0 Å². The summed E-state index contributed by atoms with van der Waals surface area (Å²) in [4.78, 5) is 11.3. The summed E-state index contributed by atoms with van der Waals surface area (Å²) in [5, 5.41) is 9.78. The molecule has 0 spiro atoms. The predicted octanol–water partition coefficient (Wildman–Crippen LogP) is 1.94. The van der Waals surface area contributed by atoms with Crippen LogP contribution in [0.3, 0.4) is 0 Å². The molecule has 1 aromatic rings. The minimum Gasteiger partial charge on any atom is -0.467 e. The lowest BCUT2D eigenvalue weighted by atomic mass is 9.90. The van der Waals surface area contributed by atoms with Gasteiger partial charge in [-0.1, -0.05) is 30.7 Å². The third-order valence-electron chi connectivity index (χ3n) is 2.84. The maximum Gasteiger partial charge on any atom is 0.335 e. The molecule has 0 fully saturated rings. The second-order valence-electron chi connectivity index (χ2n) is 4.12. The zero-order chi connectivity index (χ0) is 12.3. The Bertz CT molecular complexity index is 385. The van der Waals surface area contributed by atoms with Crippen LogP contribution in [0.25, 0.3) is 0 Å². The quantitative estimate of drug-likeness (QED) is 0.795. The van der Waals surface area contributed by atoms with Gasteiger partial charge in [0.2, 0.25) is 0 Å². The van der Waals surface area contributed by atoms with Crippen molar-refractivity contribution < 1.29 is 14.6 Å². The van der Waals surface area contributed by atoms with Gasteiger partial charge >= 0.3 is 5.97 Å². The highest BCUT2D eigenvalue weighted by atomic mass is 16.5. The first-order chi connectivity index (χ1) is 7.47. The number of carbonyl (C=O) groups is 1. The standard InChI is InChI=1S/C13H18O3/c1-8-5-6-9(2)11(7-8)10(3)12(14)13(15)16-4/h5-7,10,12,14H,1-4H3. The monoisotopic (exact) mass is 222 g/mol. The molecule has 88 valence electrons. The maximum atomic E-state index is 11.3. The summed E-state index contributed by atoms with van der Waals surface area (Å²) in [6.07, 6.45) is -1.11. The van der Waals surface area contributed by atoms with Gasteiger partial charge in [0.25, 0.3) is 0 Å². The molecule has 0 aliphatic rings. The van der Waals surface area contributed by atoms with Crippen LogP contribution in [0.2, 0.25) is 0 Å². The number of hydrogen-bond acceptors (Lipinski definition) is 3. The van der Waals surface area contributed by atoms with Gasteiger partial charge in [-0.25, -0.2) is 4.79 Å². The van der Waals surface area contributed by atoms with Gasteiger partial charge in [-0.3, -0.25) is 0 Å². The molecule has 0 saturated heterocycles. The summed E-state index contributed by atoms with van der Waals surface area (Å²) in [5.41, 5.74) is 3.17. The van der Waals surface area contributed by atoms with Crippen molar-refractivity contribution in [2.45, 2.75) is 32.8 Å². The molecule has 2 unspecified atom stereocenters. The van der Waals surface area contributed by atoms with E-state index in [9.17, 15) is 9.90 Å². The summed E-state index contributed by atoms with van der Waals surface area (Å²) < 4.78 is 4.54. The summed E-state index contributed by atoms with van der Waals surface area (Å²) in [7, 11) is 1.28.